The normalized spacial score (nSPS) is 30.8. The zero-order valence-corrected chi connectivity index (χ0v) is 9.79. The first-order valence-electron chi connectivity index (χ1n) is 5.25. The second-order valence-electron chi connectivity index (χ2n) is 4.12. The number of hydrogen-bond acceptors (Lipinski definition) is 2. The van der Waals surface area contributed by atoms with Crippen LogP contribution in [0.15, 0.2) is 29.3 Å². The second kappa shape index (κ2) is 3.27. The highest BCUT2D eigenvalue weighted by Gasteiger charge is 2.42. The Bertz CT molecular complexity index is 427. The van der Waals surface area contributed by atoms with E-state index in [1.165, 1.54) is 22.7 Å². The molecular formula is C12H14N2S. The van der Waals surface area contributed by atoms with Crippen molar-refractivity contribution in [3.05, 3.63) is 35.4 Å². The van der Waals surface area contributed by atoms with Crippen molar-refractivity contribution in [1.29, 1.82) is 0 Å². The van der Waals surface area contributed by atoms with Crippen LogP contribution >= 0.6 is 11.8 Å². The summed E-state index contributed by atoms with van der Waals surface area (Å²) in [5.74, 6) is 0. The van der Waals surface area contributed by atoms with Gasteiger partial charge >= 0.3 is 0 Å². The third-order valence-corrected chi connectivity index (χ3v) is 4.72. The fourth-order valence-electron chi connectivity index (χ4n) is 2.65. The minimum absolute atomic E-state index is 0.546. The summed E-state index contributed by atoms with van der Waals surface area (Å²) in [5, 5.41) is 1.85. The third-order valence-electron chi connectivity index (χ3n) is 3.31. The van der Waals surface area contributed by atoms with Gasteiger partial charge in [-0.2, -0.15) is 0 Å². The van der Waals surface area contributed by atoms with E-state index in [0.717, 1.165) is 0 Å². The van der Waals surface area contributed by atoms with E-state index < -0.39 is 0 Å². The smallest absolute Gasteiger partial charge is 0.159 e. The lowest BCUT2D eigenvalue weighted by Gasteiger charge is -2.20. The first kappa shape index (κ1) is 9.28. The van der Waals surface area contributed by atoms with E-state index in [2.05, 4.69) is 41.2 Å². The molecule has 0 spiro atoms. The highest BCUT2D eigenvalue weighted by Crippen LogP contribution is 2.48. The lowest BCUT2D eigenvalue weighted by atomic mass is 10.1. The van der Waals surface area contributed by atoms with E-state index in [1.54, 1.807) is 0 Å². The van der Waals surface area contributed by atoms with Crippen LogP contribution in [0.3, 0.4) is 0 Å². The maximum absolute atomic E-state index is 4.33. The summed E-state index contributed by atoms with van der Waals surface area (Å²) in [6.45, 7) is 0. The number of rotatable bonds is 0. The molecule has 1 heterocycles. The number of benzene rings is 1. The SMILES string of the molecule is CN=C1SC2Cc3ccccc3C2N1C. The Morgan fingerprint density at radius 2 is 2.20 bits per heavy atom. The molecule has 0 saturated carbocycles. The second-order valence-corrected chi connectivity index (χ2v) is 5.33. The molecule has 1 saturated heterocycles. The van der Waals surface area contributed by atoms with Gasteiger partial charge in [0.15, 0.2) is 5.17 Å². The van der Waals surface area contributed by atoms with Crippen LogP contribution in [0.1, 0.15) is 17.2 Å². The zero-order chi connectivity index (χ0) is 10.4. The first-order chi connectivity index (χ1) is 7.31. The number of hydrogen-bond donors (Lipinski definition) is 0. The molecule has 2 nitrogen and oxygen atoms in total. The Hall–Kier alpha value is -0.960. The topological polar surface area (TPSA) is 15.6 Å². The van der Waals surface area contributed by atoms with Gasteiger partial charge < -0.3 is 4.90 Å². The molecule has 0 bridgehead atoms. The standard InChI is InChI=1S/C12H14N2S/c1-13-12-14(2)11-9-6-4-3-5-8(9)7-10(11)15-12/h3-6,10-11H,7H2,1-2H3. The van der Waals surface area contributed by atoms with Crippen LogP contribution in [0.2, 0.25) is 0 Å². The van der Waals surface area contributed by atoms with Gasteiger partial charge in [0, 0.05) is 19.3 Å². The Morgan fingerprint density at radius 1 is 1.40 bits per heavy atom. The van der Waals surface area contributed by atoms with E-state index in [1.807, 2.05) is 18.8 Å². The van der Waals surface area contributed by atoms with Gasteiger partial charge in [-0.25, -0.2) is 0 Å². The Labute approximate surface area is 94.4 Å². The molecule has 1 fully saturated rings. The van der Waals surface area contributed by atoms with E-state index in [-0.39, 0.29) is 0 Å². The Balaban J connectivity index is 2.05. The van der Waals surface area contributed by atoms with Gasteiger partial charge in [-0.1, -0.05) is 36.0 Å². The molecule has 3 rings (SSSR count). The molecule has 2 unspecified atom stereocenters. The summed E-state index contributed by atoms with van der Waals surface area (Å²) in [5.41, 5.74) is 3.01. The van der Waals surface area contributed by atoms with Crippen LogP contribution < -0.4 is 0 Å². The molecule has 0 N–H and O–H groups in total. The predicted octanol–water partition coefficient (Wildman–Crippen LogP) is 2.32. The predicted molar refractivity (Wildman–Crippen MR) is 65.4 cm³/mol. The number of thioether (sulfide) groups is 1. The van der Waals surface area contributed by atoms with Gasteiger partial charge in [-0.3, -0.25) is 4.99 Å². The number of aliphatic imine (C=N–C) groups is 1. The van der Waals surface area contributed by atoms with E-state index in [9.17, 15) is 0 Å². The Morgan fingerprint density at radius 3 is 3.00 bits per heavy atom. The lowest BCUT2D eigenvalue weighted by Crippen LogP contribution is -2.23. The average Bonchev–Trinajstić information content (AvgIpc) is 2.75. The number of nitrogens with zero attached hydrogens (tertiary/aromatic N) is 2. The molecule has 0 radical (unpaired) electrons. The molecule has 3 heteroatoms. The van der Waals surface area contributed by atoms with Crippen LogP contribution in [-0.2, 0) is 6.42 Å². The quantitative estimate of drug-likeness (QED) is 0.664. The van der Waals surface area contributed by atoms with Crippen LogP contribution in [-0.4, -0.2) is 29.4 Å². The fourth-order valence-corrected chi connectivity index (χ4v) is 4.03. The van der Waals surface area contributed by atoms with Crippen LogP contribution in [0.25, 0.3) is 0 Å². The van der Waals surface area contributed by atoms with Crippen molar-refractivity contribution in [2.24, 2.45) is 4.99 Å². The van der Waals surface area contributed by atoms with Crippen molar-refractivity contribution in [2.45, 2.75) is 17.7 Å². The highest BCUT2D eigenvalue weighted by atomic mass is 32.2. The molecular weight excluding hydrogens is 204 g/mol. The van der Waals surface area contributed by atoms with Gasteiger partial charge in [0.1, 0.15) is 0 Å². The summed E-state index contributed by atoms with van der Waals surface area (Å²) in [4.78, 5) is 6.65. The van der Waals surface area contributed by atoms with Gasteiger partial charge in [0.2, 0.25) is 0 Å². The van der Waals surface area contributed by atoms with Gasteiger partial charge in [-0.15, -0.1) is 0 Å². The molecule has 0 aromatic heterocycles. The van der Waals surface area contributed by atoms with Crippen LogP contribution in [0, 0.1) is 0 Å². The summed E-state index contributed by atoms with van der Waals surface area (Å²) < 4.78 is 0. The fraction of sp³-hybridized carbons (Fsp3) is 0.417. The molecule has 1 aliphatic heterocycles. The maximum Gasteiger partial charge on any atom is 0.159 e. The van der Waals surface area contributed by atoms with Gasteiger partial charge in [-0.05, 0) is 17.5 Å². The monoisotopic (exact) mass is 218 g/mol. The van der Waals surface area contributed by atoms with Crippen molar-refractivity contribution < 1.29 is 0 Å². The van der Waals surface area contributed by atoms with Crippen LogP contribution in [0.5, 0.6) is 0 Å². The van der Waals surface area contributed by atoms with Gasteiger partial charge in [0.05, 0.1) is 6.04 Å². The average molecular weight is 218 g/mol. The van der Waals surface area contributed by atoms with E-state index in [4.69, 9.17) is 0 Å². The third kappa shape index (κ3) is 1.22. The summed E-state index contributed by atoms with van der Waals surface area (Å²) in [6.07, 6.45) is 1.19. The molecule has 0 amide bonds. The van der Waals surface area contributed by atoms with Crippen molar-refractivity contribution >= 4 is 16.9 Å². The number of fused-ring (bicyclic) bond motifs is 3. The molecule has 15 heavy (non-hydrogen) atoms. The van der Waals surface area contributed by atoms with Crippen LogP contribution in [0.4, 0.5) is 0 Å². The summed E-state index contributed by atoms with van der Waals surface area (Å²) in [7, 11) is 4.04. The van der Waals surface area contributed by atoms with Crippen molar-refractivity contribution in [3.8, 4) is 0 Å². The minimum Gasteiger partial charge on any atom is -0.346 e. The minimum atomic E-state index is 0.546. The van der Waals surface area contributed by atoms with Crippen molar-refractivity contribution in [1.82, 2.24) is 4.90 Å². The van der Waals surface area contributed by atoms with E-state index in [0.29, 0.717) is 11.3 Å². The van der Waals surface area contributed by atoms with Crippen molar-refractivity contribution in [3.63, 3.8) is 0 Å². The number of amidine groups is 1. The summed E-state index contributed by atoms with van der Waals surface area (Å²) in [6, 6.07) is 9.34. The molecule has 1 aromatic carbocycles. The maximum atomic E-state index is 4.33. The highest BCUT2D eigenvalue weighted by molar-refractivity contribution is 8.14. The molecule has 2 aliphatic rings. The van der Waals surface area contributed by atoms with Crippen molar-refractivity contribution in [2.75, 3.05) is 14.1 Å². The van der Waals surface area contributed by atoms with Gasteiger partial charge in [0.25, 0.3) is 0 Å². The molecule has 78 valence electrons. The zero-order valence-electron chi connectivity index (χ0n) is 8.97. The van der Waals surface area contributed by atoms with E-state index >= 15 is 0 Å². The molecule has 1 aliphatic carbocycles. The lowest BCUT2D eigenvalue weighted by molar-refractivity contribution is 0.402. The largest absolute Gasteiger partial charge is 0.346 e. The first-order valence-corrected chi connectivity index (χ1v) is 6.13. The molecule has 2 atom stereocenters. The summed E-state index contributed by atoms with van der Waals surface area (Å²) >= 11 is 1.92. The Kier molecular flexibility index (Phi) is 2.02. The molecule has 1 aromatic rings.